The van der Waals surface area contributed by atoms with E-state index in [9.17, 15) is 4.79 Å². The summed E-state index contributed by atoms with van der Waals surface area (Å²) in [6.45, 7) is 1.77. The highest BCUT2D eigenvalue weighted by Gasteiger charge is 2.12. The fraction of sp³-hybridized carbons (Fsp3) is 0.0667. The summed E-state index contributed by atoms with van der Waals surface area (Å²) < 4.78 is 5.39. The highest BCUT2D eigenvalue weighted by atomic mass is 35.5. The van der Waals surface area contributed by atoms with Crippen molar-refractivity contribution >= 4 is 40.0 Å². The maximum absolute atomic E-state index is 12.2. The normalized spacial score (nSPS) is 10.8. The molecule has 6 heteroatoms. The summed E-state index contributed by atoms with van der Waals surface area (Å²) in [5, 5.41) is 3.12. The molecule has 0 saturated heterocycles. The van der Waals surface area contributed by atoms with E-state index in [0.717, 1.165) is 0 Å². The van der Waals surface area contributed by atoms with Crippen LogP contribution >= 0.6 is 11.6 Å². The van der Waals surface area contributed by atoms with Gasteiger partial charge in [0.15, 0.2) is 11.5 Å². The lowest BCUT2D eigenvalue weighted by molar-refractivity contribution is 0.102. The standard InChI is InChI=1S/C15H12ClN3O2/c1-8-18-12-7-9(5-6-13(12)21-8)19-15(20)10-3-2-4-11(16)14(10)17/h2-7H,17H2,1H3,(H,19,20). The molecule has 0 unspecified atom stereocenters. The first-order chi connectivity index (χ1) is 10.0. The van der Waals surface area contributed by atoms with Crippen LogP contribution in [-0.2, 0) is 0 Å². The van der Waals surface area contributed by atoms with Gasteiger partial charge in [-0.15, -0.1) is 0 Å². The Morgan fingerprint density at radius 2 is 2.14 bits per heavy atom. The van der Waals surface area contributed by atoms with Gasteiger partial charge in [0.1, 0.15) is 5.52 Å². The molecule has 0 radical (unpaired) electrons. The van der Waals surface area contributed by atoms with Gasteiger partial charge in [-0.3, -0.25) is 4.79 Å². The number of anilines is 2. The Bertz CT molecular complexity index is 842. The molecule has 1 heterocycles. The maximum atomic E-state index is 12.2. The number of hydrogen-bond donors (Lipinski definition) is 2. The van der Waals surface area contributed by atoms with Gasteiger partial charge < -0.3 is 15.5 Å². The summed E-state index contributed by atoms with van der Waals surface area (Å²) in [4.78, 5) is 16.5. The van der Waals surface area contributed by atoms with E-state index in [1.165, 1.54) is 0 Å². The predicted octanol–water partition coefficient (Wildman–Crippen LogP) is 3.62. The van der Waals surface area contributed by atoms with E-state index in [-0.39, 0.29) is 11.6 Å². The van der Waals surface area contributed by atoms with Crippen LogP contribution in [0.5, 0.6) is 0 Å². The molecule has 106 valence electrons. The van der Waals surface area contributed by atoms with Crippen LogP contribution in [0.25, 0.3) is 11.1 Å². The van der Waals surface area contributed by atoms with E-state index in [1.807, 2.05) is 0 Å². The van der Waals surface area contributed by atoms with E-state index in [4.69, 9.17) is 21.8 Å². The Morgan fingerprint density at radius 1 is 1.33 bits per heavy atom. The van der Waals surface area contributed by atoms with Crippen LogP contribution in [0, 0.1) is 6.92 Å². The van der Waals surface area contributed by atoms with Crippen molar-refractivity contribution in [2.24, 2.45) is 0 Å². The Kier molecular flexibility index (Phi) is 3.27. The molecule has 0 aliphatic rings. The summed E-state index contributed by atoms with van der Waals surface area (Å²) in [5.74, 6) is 0.252. The zero-order valence-electron chi connectivity index (χ0n) is 11.2. The number of hydrogen-bond acceptors (Lipinski definition) is 4. The van der Waals surface area contributed by atoms with Crippen molar-refractivity contribution in [3.8, 4) is 0 Å². The van der Waals surface area contributed by atoms with E-state index in [0.29, 0.717) is 33.3 Å². The van der Waals surface area contributed by atoms with Gasteiger partial charge in [0.2, 0.25) is 0 Å². The second-order valence-electron chi connectivity index (χ2n) is 4.57. The van der Waals surface area contributed by atoms with Crippen LogP contribution in [0.1, 0.15) is 16.2 Å². The Balaban J connectivity index is 1.90. The number of carbonyl (C=O) groups is 1. The predicted molar refractivity (Wildman–Crippen MR) is 82.6 cm³/mol. The number of amides is 1. The van der Waals surface area contributed by atoms with Crippen LogP contribution in [0.4, 0.5) is 11.4 Å². The van der Waals surface area contributed by atoms with Gasteiger partial charge in [0.05, 0.1) is 16.3 Å². The van der Waals surface area contributed by atoms with E-state index >= 15 is 0 Å². The van der Waals surface area contributed by atoms with Crippen LogP contribution in [0.15, 0.2) is 40.8 Å². The zero-order chi connectivity index (χ0) is 15.0. The second-order valence-corrected chi connectivity index (χ2v) is 4.98. The molecule has 1 aromatic heterocycles. The van der Waals surface area contributed by atoms with E-state index < -0.39 is 0 Å². The first-order valence-electron chi connectivity index (χ1n) is 6.27. The molecular weight excluding hydrogens is 290 g/mol. The van der Waals surface area contributed by atoms with E-state index in [2.05, 4.69) is 10.3 Å². The molecule has 21 heavy (non-hydrogen) atoms. The van der Waals surface area contributed by atoms with Gasteiger partial charge in [-0.1, -0.05) is 17.7 Å². The third kappa shape index (κ3) is 2.55. The Hall–Kier alpha value is -2.53. The molecular formula is C15H12ClN3O2. The Morgan fingerprint density at radius 3 is 2.95 bits per heavy atom. The van der Waals surface area contributed by atoms with E-state index in [1.54, 1.807) is 43.3 Å². The molecule has 3 rings (SSSR count). The summed E-state index contributed by atoms with van der Waals surface area (Å²) in [5.41, 5.74) is 8.37. The first-order valence-corrected chi connectivity index (χ1v) is 6.65. The molecule has 0 saturated carbocycles. The number of nitrogens with zero attached hydrogens (tertiary/aromatic N) is 1. The third-order valence-corrected chi connectivity index (χ3v) is 3.38. The fourth-order valence-electron chi connectivity index (χ4n) is 2.05. The molecule has 2 aromatic carbocycles. The minimum Gasteiger partial charge on any atom is -0.441 e. The minimum absolute atomic E-state index is 0.259. The van der Waals surface area contributed by atoms with Crippen molar-refractivity contribution in [1.82, 2.24) is 4.98 Å². The average molecular weight is 302 g/mol. The smallest absolute Gasteiger partial charge is 0.257 e. The monoisotopic (exact) mass is 301 g/mol. The highest BCUT2D eigenvalue weighted by Crippen LogP contribution is 2.24. The van der Waals surface area contributed by atoms with Crippen molar-refractivity contribution in [2.75, 3.05) is 11.1 Å². The molecule has 3 N–H and O–H groups in total. The van der Waals surface area contributed by atoms with Crippen molar-refractivity contribution in [3.63, 3.8) is 0 Å². The number of carbonyl (C=O) groups excluding carboxylic acids is 1. The highest BCUT2D eigenvalue weighted by molar-refractivity contribution is 6.34. The molecule has 0 aliphatic heterocycles. The third-order valence-electron chi connectivity index (χ3n) is 3.05. The molecule has 0 aliphatic carbocycles. The van der Waals surface area contributed by atoms with Crippen molar-refractivity contribution in [3.05, 3.63) is 52.9 Å². The number of para-hydroxylation sites is 1. The second kappa shape index (κ2) is 5.10. The number of fused-ring (bicyclic) bond motifs is 1. The molecule has 5 nitrogen and oxygen atoms in total. The summed E-state index contributed by atoms with van der Waals surface area (Å²) >= 11 is 5.91. The maximum Gasteiger partial charge on any atom is 0.257 e. The van der Waals surface area contributed by atoms with Gasteiger partial charge in [-0.25, -0.2) is 4.98 Å². The number of rotatable bonds is 2. The number of oxazole rings is 1. The number of nitrogen functional groups attached to an aromatic ring is 1. The molecule has 0 spiro atoms. The SMILES string of the molecule is Cc1nc2cc(NC(=O)c3cccc(Cl)c3N)ccc2o1. The van der Waals surface area contributed by atoms with Crippen molar-refractivity contribution in [2.45, 2.75) is 6.92 Å². The number of nitrogens with two attached hydrogens (primary N) is 1. The van der Waals surface area contributed by atoms with Crippen molar-refractivity contribution in [1.29, 1.82) is 0 Å². The molecule has 0 fully saturated rings. The lowest BCUT2D eigenvalue weighted by atomic mass is 10.1. The lowest BCUT2D eigenvalue weighted by Crippen LogP contribution is -2.14. The Labute approximate surface area is 125 Å². The molecule has 0 atom stereocenters. The number of aromatic nitrogens is 1. The molecule has 3 aromatic rings. The quantitative estimate of drug-likeness (QED) is 0.708. The number of nitrogens with one attached hydrogen (secondary N) is 1. The number of aryl methyl sites for hydroxylation is 1. The fourth-order valence-corrected chi connectivity index (χ4v) is 2.23. The summed E-state index contributed by atoms with van der Waals surface area (Å²) in [7, 11) is 0. The average Bonchev–Trinajstić information content (AvgIpc) is 2.81. The summed E-state index contributed by atoms with van der Waals surface area (Å²) in [6, 6.07) is 10.2. The van der Waals surface area contributed by atoms with Gasteiger partial charge in [0, 0.05) is 12.6 Å². The minimum atomic E-state index is -0.324. The summed E-state index contributed by atoms with van der Waals surface area (Å²) in [6.07, 6.45) is 0. The van der Waals surface area contributed by atoms with Crippen LogP contribution in [0.3, 0.4) is 0 Å². The number of halogens is 1. The van der Waals surface area contributed by atoms with Gasteiger partial charge >= 0.3 is 0 Å². The zero-order valence-corrected chi connectivity index (χ0v) is 11.9. The van der Waals surface area contributed by atoms with Crippen LogP contribution < -0.4 is 11.1 Å². The number of benzene rings is 2. The van der Waals surface area contributed by atoms with Gasteiger partial charge in [0.25, 0.3) is 5.91 Å². The van der Waals surface area contributed by atoms with Crippen LogP contribution in [0.2, 0.25) is 5.02 Å². The largest absolute Gasteiger partial charge is 0.441 e. The topological polar surface area (TPSA) is 81.2 Å². The van der Waals surface area contributed by atoms with Gasteiger partial charge in [-0.2, -0.15) is 0 Å². The van der Waals surface area contributed by atoms with Gasteiger partial charge in [-0.05, 0) is 30.3 Å². The first kappa shape index (κ1) is 13.5. The lowest BCUT2D eigenvalue weighted by Gasteiger charge is -2.08. The molecule has 0 bridgehead atoms. The van der Waals surface area contributed by atoms with Crippen LogP contribution in [-0.4, -0.2) is 10.9 Å². The molecule has 1 amide bonds. The van der Waals surface area contributed by atoms with Crippen molar-refractivity contribution < 1.29 is 9.21 Å².